The third-order valence-corrected chi connectivity index (χ3v) is 5.37. The average Bonchev–Trinajstić information content (AvgIpc) is 1.77. The van der Waals surface area contributed by atoms with Gasteiger partial charge in [0.15, 0.2) is 0 Å². The lowest BCUT2D eigenvalue weighted by Gasteiger charge is -2.29. The molecule has 0 radical (unpaired) electrons. The molecule has 0 bridgehead atoms. The summed E-state index contributed by atoms with van der Waals surface area (Å²) in [6.45, 7) is 14.1. The van der Waals surface area contributed by atoms with Crippen LogP contribution in [0, 0.1) is 0 Å². The van der Waals surface area contributed by atoms with E-state index in [-0.39, 0.29) is 7.92 Å². The summed E-state index contributed by atoms with van der Waals surface area (Å²) >= 11 is 0. The van der Waals surface area contributed by atoms with Gasteiger partial charge in [0.1, 0.15) is 0 Å². The SMILES string of the molecule is CC(C)P(C(C)C)C(C)C.O=P(O)(O)O. The third-order valence-electron chi connectivity index (χ3n) is 1.79. The second-order valence-electron chi connectivity index (χ2n) is 4.24. The molecule has 4 nitrogen and oxygen atoms in total. The fourth-order valence-corrected chi connectivity index (χ4v) is 5.37. The molecule has 0 fully saturated rings. The Balaban J connectivity index is 0. The molecule has 0 unspecified atom stereocenters. The van der Waals surface area contributed by atoms with E-state index in [0.29, 0.717) is 0 Å². The molecule has 0 aliphatic heterocycles. The highest BCUT2D eigenvalue weighted by Crippen LogP contribution is 2.49. The number of phosphoric acid groups is 1. The van der Waals surface area contributed by atoms with Crippen LogP contribution in [0.3, 0.4) is 0 Å². The summed E-state index contributed by atoms with van der Waals surface area (Å²) < 4.78 is 8.88. The molecule has 0 aromatic carbocycles. The third kappa shape index (κ3) is 14.5. The summed E-state index contributed by atoms with van der Waals surface area (Å²) in [5, 5.41) is 0. The standard InChI is InChI=1S/C9H21P.H3O4P/c1-7(2)10(8(3)4)9(5)6;1-5(2,3)4/h7-9H,1-6H3;(H3,1,2,3,4). The minimum absolute atomic E-state index is 0.262. The van der Waals surface area contributed by atoms with Crippen molar-refractivity contribution in [3.05, 3.63) is 0 Å². The molecular formula is C9H24O4P2. The van der Waals surface area contributed by atoms with E-state index in [2.05, 4.69) is 41.5 Å². The summed E-state index contributed by atoms with van der Waals surface area (Å²) in [4.78, 5) is 21.6. The molecule has 0 spiro atoms. The minimum Gasteiger partial charge on any atom is -0.303 e. The molecule has 0 aliphatic rings. The van der Waals surface area contributed by atoms with Crippen molar-refractivity contribution >= 4 is 15.7 Å². The fourth-order valence-electron chi connectivity index (χ4n) is 1.79. The smallest absolute Gasteiger partial charge is 0.303 e. The van der Waals surface area contributed by atoms with Crippen LogP contribution in [-0.2, 0) is 4.57 Å². The van der Waals surface area contributed by atoms with E-state index in [1.807, 2.05) is 0 Å². The van der Waals surface area contributed by atoms with Crippen LogP contribution in [0.4, 0.5) is 0 Å². The Labute approximate surface area is 94.1 Å². The highest BCUT2D eigenvalue weighted by Gasteiger charge is 2.19. The van der Waals surface area contributed by atoms with Gasteiger partial charge in [-0.05, 0) is 17.0 Å². The van der Waals surface area contributed by atoms with Crippen LogP contribution < -0.4 is 0 Å². The first kappa shape index (κ1) is 17.9. The van der Waals surface area contributed by atoms with Crippen LogP contribution in [-0.4, -0.2) is 31.7 Å². The highest BCUT2D eigenvalue weighted by atomic mass is 31.2. The van der Waals surface area contributed by atoms with E-state index < -0.39 is 7.82 Å². The van der Waals surface area contributed by atoms with Crippen LogP contribution in [0.1, 0.15) is 41.5 Å². The highest BCUT2D eigenvalue weighted by molar-refractivity contribution is 7.59. The molecule has 0 rings (SSSR count). The number of hydrogen-bond donors (Lipinski definition) is 3. The van der Waals surface area contributed by atoms with Gasteiger partial charge in [0.05, 0.1) is 0 Å². The average molecular weight is 258 g/mol. The van der Waals surface area contributed by atoms with Gasteiger partial charge in [-0.25, -0.2) is 4.57 Å². The maximum Gasteiger partial charge on any atom is 0.466 e. The first-order valence-electron chi connectivity index (χ1n) is 5.02. The zero-order valence-corrected chi connectivity index (χ0v) is 12.2. The number of rotatable bonds is 3. The largest absolute Gasteiger partial charge is 0.466 e. The molecule has 0 aromatic rings. The van der Waals surface area contributed by atoms with Crippen LogP contribution in [0.15, 0.2) is 0 Å². The van der Waals surface area contributed by atoms with Crippen molar-refractivity contribution in [3.63, 3.8) is 0 Å². The summed E-state index contributed by atoms with van der Waals surface area (Å²) in [6.07, 6.45) is 0. The molecule has 0 aromatic heterocycles. The van der Waals surface area contributed by atoms with Crippen LogP contribution in [0.5, 0.6) is 0 Å². The van der Waals surface area contributed by atoms with Crippen LogP contribution in [0.2, 0.25) is 0 Å². The van der Waals surface area contributed by atoms with E-state index in [4.69, 9.17) is 19.2 Å². The summed E-state index contributed by atoms with van der Waals surface area (Å²) in [5.41, 5.74) is 2.69. The van der Waals surface area contributed by atoms with Crippen molar-refractivity contribution < 1.29 is 19.2 Å². The second-order valence-corrected chi connectivity index (χ2v) is 9.26. The fraction of sp³-hybridized carbons (Fsp3) is 1.00. The lowest BCUT2D eigenvalue weighted by Crippen LogP contribution is -2.10. The first-order valence-corrected chi connectivity index (χ1v) is 8.14. The first-order chi connectivity index (χ1) is 6.46. The Morgan fingerprint density at radius 1 is 0.800 bits per heavy atom. The zero-order valence-electron chi connectivity index (χ0n) is 10.4. The summed E-state index contributed by atoms with van der Waals surface area (Å²) in [7, 11) is -4.38. The van der Waals surface area contributed by atoms with Gasteiger partial charge in [-0.1, -0.05) is 49.5 Å². The Kier molecular flexibility index (Phi) is 9.26. The molecule has 0 saturated carbocycles. The van der Waals surface area contributed by atoms with Gasteiger partial charge in [0, 0.05) is 0 Å². The van der Waals surface area contributed by atoms with Crippen LogP contribution in [0.25, 0.3) is 0 Å². The molecule has 0 heterocycles. The Morgan fingerprint density at radius 3 is 0.933 bits per heavy atom. The molecule has 15 heavy (non-hydrogen) atoms. The van der Waals surface area contributed by atoms with Gasteiger partial charge >= 0.3 is 7.82 Å². The summed E-state index contributed by atoms with van der Waals surface area (Å²) in [6, 6.07) is 0. The van der Waals surface area contributed by atoms with Gasteiger partial charge in [-0.3, -0.25) is 0 Å². The van der Waals surface area contributed by atoms with E-state index in [1.165, 1.54) is 0 Å². The topological polar surface area (TPSA) is 77.8 Å². The molecule has 0 amide bonds. The predicted molar refractivity (Wildman–Crippen MR) is 66.6 cm³/mol. The van der Waals surface area contributed by atoms with Gasteiger partial charge < -0.3 is 14.7 Å². The predicted octanol–water partition coefficient (Wildman–Crippen LogP) is 2.76. The van der Waals surface area contributed by atoms with E-state index in [0.717, 1.165) is 17.0 Å². The lowest BCUT2D eigenvalue weighted by molar-refractivity contribution is 0.275. The van der Waals surface area contributed by atoms with Gasteiger partial charge in [-0.15, -0.1) is 0 Å². The second kappa shape index (κ2) is 7.76. The van der Waals surface area contributed by atoms with Crippen LogP contribution >= 0.6 is 15.7 Å². The molecule has 94 valence electrons. The van der Waals surface area contributed by atoms with Gasteiger partial charge in [-0.2, -0.15) is 0 Å². The van der Waals surface area contributed by atoms with Crippen molar-refractivity contribution in [1.82, 2.24) is 0 Å². The zero-order chi connectivity index (χ0) is 12.8. The maximum atomic E-state index is 8.88. The lowest BCUT2D eigenvalue weighted by atomic mass is 10.5. The monoisotopic (exact) mass is 258 g/mol. The molecule has 0 atom stereocenters. The Morgan fingerprint density at radius 2 is 0.933 bits per heavy atom. The quantitative estimate of drug-likeness (QED) is 0.680. The van der Waals surface area contributed by atoms with Crippen molar-refractivity contribution in [1.29, 1.82) is 0 Å². The van der Waals surface area contributed by atoms with Gasteiger partial charge in [0.25, 0.3) is 0 Å². The summed E-state index contributed by atoms with van der Waals surface area (Å²) in [5.74, 6) is 0. The Bertz CT molecular complexity index is 171. The normalized spacial score (nSPS) is 12.3. The van der Waals surface area contributed by atoms with E-state index in [9.17, 15) is 0 Å². The molecular weight excluding hydrogens is 234 g/mol. The van der Waals surface area contributed by atoms with Crippen molar-refractivity contribution in [3.8, 4) is 0 Å². The van der Waals surface area contributed by atoms with E-state index in [1.54, 1.807) is 0 Å². The maximum absolute atomic E-state index is 8.88. The molecule has 6 heteroatoms. The van der Waals surface area contributed by atoms with E-state index >= 15 is 0 Å². The molecule has 3 N–H and O–H groups in total. The molecule has 0 aliphatic carbocycles. The van der Waals surface area contributed by atoms with Gasteiger partial charge in [0.2, 0.25) is 0 Å². The van der Waals surface area contributed by atoms with Crippen molar-refractivity contribution in [2.24, 2.45) is 0 Å². The Hall–Kier alpha value is 0.540. The van der Waals surface area contributed by atoms with Crippen molar-refractivity contribution in [2.45, 2.75) is 58.5 Å². The minimum atomic E-state index is -4.64. The van der Waals surface area contributed by atoms with Crippen molar-refractivity contribution in [2.75, 3.05) is 0 Å². The number of hydrogen-bond acceptors (Lipinski definition) is 1. The molecule has 0 saturated heterocycles.